The van der Waals surface area contributed by atoms with Gasteiger partial charge in [0, 0.05) is 25.5 Å². The van der Waals surface area contributed by atoms with Gasteiger partial charge in [-0.3, -0.25) is 4.79 Å². The number of aliphatic hydroxyl groups excluding tert-OH is 1. The van der Waals surface area contributed by atoms with Gasteiger partial charge in [0.2, 0.25) is 5.43 Å². The maximum absolute atomic E-state index is 11.2. The van der Waals surface area contributed by atoms with Gasteiger partial charge in [0.15, 0.2) is 0 Å². The molecule has 0 spiro atoms. The van der Waals surface area contributed by atoms with Gasteiger partial charge in [-0.05, 0) is 28.8 Å². The summed E-state index contributed by atoms with van der Waals surface area (Å²) in [6, 6.07) is 0. The quantitative estimate of drug-likeness (QED) is 0.793. The molecule has 0 saturated heterocycles. The van der Waals surface area contributed by atoms with E-state index >= 15 is 0 Å². The van der Waals surface area contributed by atoms with Crippen molar-refractivity contribution < 1.29 is 5.11 Å². The van der Waals surface area contributed by atoms with Crippen molar-refractivity contribution >= 4 is 21.6 Å². The van der Waals surface area contributed by atoms with Crippen molar-refractivity contribution in [2.24, 2.45) is 0 Å². The van der Waals surface area contributed by atoms with E-state index in [4.69, 9.17) is 10.8 Å². The molecule has 78 valence electrons. The predicted octanol–water partition coefficient (Wildman–Crippen LogP) is 0.966. The molecule has 4 nitrogen and oxygen atoms in total. The van der Waals surface area contributed by atoms with Gasteiger partial charge < -0.3 is 15.4 Å². The van der Waals surface area contributed by atoms with E-state index in [-0.39, 0.29) is 17.7 Å². The van der Waals surface area contributed by atoms with Crippen molar-refractivity contribution in [1.82, 2.24) is 4.57 Å². The Morgan fingerprint density at radius 1 is 1.43 bits per heavy atom. The lowest BCUT2D eigenvalue weighted by molar-refractivity contribution is 0.281. The number of pyridine rings is 1. The van der Waals surface area contributed by atoms with E-state index in [0.29, 0.717) is 4.47 Å². The molecule has 1 heterocycles. The molecule has 0 atom stereocenters. The third-order valence-electron chi connectivity index (χ3n) is 1.89. The summed E-state index contributed by atoms with van der Waals surface area (Å²) in [5, 5.41) is 8.60. The second kappa shape index (κ2) is 5.17. The third kappa shape index (κ3) is 2.85. The first kappa shape index (κ1) is 11.3. The van der Waals surface area contributed by atoms with Crippen molar-refractivity contribution in [2.45, 2.75) is 19.4 Å². The molecule has 1 aromatic heterocycles. The largest absolute Gasteiger partial charge is 0.396 e. The van der Waals surface area contributed by atoms with Crippen molar-refractivity contribution in [2.75, 3.05) is 12.3 Å². The van der Waals surface area contributed by atoms with Crippen LogP contribution in [0, 0.1) is 0 Å². The molecule has 0 unspecified atom stereocenters. The minimum atomic E-state index is -0.177. The molecule has 0 aliphatic rings. The van der Waals surface area contributed by atoms with Gasteiger partial charge in [-0.1, -0.05) is 0 Å². The molecule has 14 heavy (non-hydrogen) atoms. The van der Waals surface area contributed by atoms with Crippen LogP contribution in [0.3, 0.4) is 0 Å². The van der Waals surface area contributed by atoms with Crippen LogP contribution in [0.15, 0.2) is 21.7 Å². The number of nitrogens with two attached hydrogens (primary N) is 1. The molecule has 0 fully saturated rings. The van der Waals surface area contributed by atoms with Gasteiger partial charge in [0.05, 0.1) is 10.2 Å². The highest BCUT2D eigenvalue weighted by Gasteiger charge is 2.01. The predicted molar refractivity (Wildman–Crippen MR) is 59.1 cm³/mol. The molecule has 0 amide bonds. The highest BCUT2D eigenvalue weighted by molar-refractivity contribution is 9.10. The number of nitrogens with zero attached hydrogens (tertiary/aromatic N) is 1. The number of aliphatic hydroxyl groups is 1. The van der Waals surface area contributed by atoms with Crippen LogP contribution in [-0.4, -0.2) is 16.3 Å². The van der Waals surface area contributed by atoms with Gasteiger partial charge in [0.1, 0.15) is 0 Å². The van der Waals surface area contributed by atoms with Gasteiger partial charge in [-0.25, -0.2) is 0 Å². The summed E-state index contributed by atoms with van der Waals surface area (Å²) in [5.74, 6) is 0. The van der Waals surface area contributed by atoms with Crippen LogP contribution in [0.25, 0.3) is 0 Å². The third-order valence-corrected chi connectivity index (χ3v) is 2.45. The number of halogens is 1. The number of hydrogen-bond donors (Lipinski definition) is 2. The number of hydrogen-bond acceptors (Lipinski definition) is 3. The van der Waals surface area contributed by atoms with Crippen molar-refractivity contribution in [3.05, 3.63) is 27.1 Å². The molecule has 0 bridgehead atoms. The Bertz CT molecular complexity index is 336. The number of aryl methyl sites for hydroxylation is 1. The summed E-state index contributed by atoms with van der Waals surface area (Å²) in [6.45, 7) is 0.945. The Morgan fingerprint density at radius 2 is 2.14 bits per heavy atom. The number of anilines is 1. The van der Waals surface area contributed by atoms with Crippen molar-refractivity contribution in [1.29, 1.82) is 0 Å². The summed E-state index contributed by atoms with van der Waals surface area (Å²) < 4.78 is 2.32. The number of rotatable bonds is 4. The fraction of sp³-hybridized carbons (Fsp3) is 0.444. The molecular weight excluding hydrogens is 248 g/mol. The Morgan fingerprint density at radius 3 is 2.71 bits per heavy atom. The Balaban J connectivity index is 2.74. The first-order valence-corrected chi connectivity index (χ1v) is 5.20. The molecule has 0 saturated carbocycles. The lowest BCUT2D eigenvalue weighted by Crippen LogP contribution is -2.13. The monoisotopic (exact) mass is 260 g/mol. The number of aromatic nitrogens is 1. The SMILES string of the molecule is Nc1cn(CCCCO)cc(Br)c1=O. The summed E-state index contributed by atoms with van der Waals surface area (Å²) in [6.07, 6.45) is 4.94. The minimum Gasteiger partial charge on any atom is -0.396 e. The standard InChI is InChI=1S/C9H13BrN2O2/c10-7-5-12(3-1-2-4-13)6-8(11)9(7)14/h5-6,13H,1-4,11H2. The van der Waals surface area contributed by atoms with Crippen LogP contribution in [-0.2, 0) is 6.54 Å². The van der Waals surface area contributed by atoms with Crippen molar-refractivity contribution in [3.8, 4) is 0 Å². The Kier molecular flexibility index (Phi) is 4.16. The van der Waals surface area contributed by atoms with Gasteiger partial charge >= 0.3 is 0 Å². The fourth-order valence-electron chi connectivity index (χ4n) is 1.15. The molecule has 0 radical (unpaired) electrons. The number of nitrogen functional groups attached to an aromatic ring is 1. The zero-order valence-corrected chi connectivity index (χ0v) is 9.33. The van der Waals surface area contributed by atoms with E-state index in [2.05, 4.69) is 15.9 Å². The van der Waals surface area contributed by atoms with Crippen LogP contribution in [0.4, 0.5) is 5.69 Å². The average Bonchev–Trinajstić information content (AvgIpc) is 2.14. The normalized spacial score (nSPS) is 10.4. The summed E-state index contributed by atoms with van der Waals surface area (Å²) in [7, 11) is 0. The first-order chi connectivity index (χ1) is 6.65. The van der Waals surface area contributed by atoms with Crippen LogP contribution in [0.5, 0.6) is 0 Å². The summed E-state index contributed by atoms with van der Waals surface area (Å²) in [4.78, 5) is 11.2. The van der Waals surface area contributed by atoms with Crippen molar-refractivity contribution in [3.63, 3.8) is 0 Å². The van der Waals surface area contributed by atoms with E-state index in [1.54, 1.807) is 12.4 Å². The molecule has 0 aliphatic heterocycles. The minimum absolute atomic E-state index is 0.177. The van der Waals surface area contributed by atoms with Gasteiger partial charge in [-0.15, -0.1) is 0 Å². The fourth-order valence-corrected chi connectivity index (χ4v) is 1.64. The lowest BCUT2D eigenvalue weighted by atomic mass is 10.3. The molecular formula is C9H13BrN2O2. The maximum Gasteiger partial charge on any atom is 0.218 e. The van der Waals surface area contributed by atoms with E-state index in [1.807, 2.05) is 4.57 Å². The van der Waals surface area contributed by atoms with E-state index in [9.17, 15) is 4.79 Å². The Labute approximate surface area is 90.5 Å². The molecule has 0 aliphatic carbocycles. The molecule has 5 heteroatoms. The first-order valence-electron chi connectivity index (χ1n) is 4.41. The zero-order valence-electron chi connectivity index (χ0n) is 7.74. The second-order valence-corrected chi connectivity index (χ2v) is 3.91. The highest BCUT2D eigenvalue weighted by atomic mass is 79.9. The zero-order chi connectivity index (χ0) is 10.6. The number of unbranched alkanes of at least 4 members (excludes halogenated alkanes) is 1. The van der Waals surface area contributed by atoms with E-state index in [0.717, 1.165) is 19.4 Å². The lowest BCUT2D eigenvalue weighted by Gasteiger charge is -2.07. The smallest absolute Gasteiger partial charge is 0.218 e. The second-order valence-electron chi connectivity index (χ2n) is 3.06. The van der Waals surface area contributed by atoms with E-state index < -0.39 is 0 Å². The maximum atomic E-state index is 11.2. The summed E-state index contributed by atoms with van der Waals surface area (Å²) in [5.41, 5.74) is 5.57. The van der Waals surface area contributed by atoms with Crippen LogP contribution in [0.1, 0.15) is 12.8 Å². The van der Waals surface area contributed by atoms with Crippen LogP contribution in [0.2, 0.25) is 0 Å². The van der Waals surface area contributed by atoms with Crippen LogP contribution < -0.4 is 11.2 Å². The van der Waals surface area contributed by atoms with Gasteiger partial charge in [-0.2, -0.15) is 0 Å². The molecule has 0 aromatic carbocycles. The molecule has 1 aromatic rings. The summed E-state index contributed by atoms with van der Waals surface area (Å²) >= 11 is 3.14. The van der Waals surface area contributed by atoms with E-state index in [1.165, 1.54) is 0 Å². The highest BCUT2D eigenvalue weighted by Crippen LogP contribution is 2.07. The Hall–Kier alpha value is -0.810. The molecule has 1 rings (SSSR count). The molecule has 3 N–H and O–H groups in total. The van der Waals surface area contributed by atoms with Crippen LogP contribution >= 0.6 is 15.9 Å². The average molecular weight is 261 g/mol. The topological polar surface area (TPSA) is 68.2 Å². The van der Waals surface area contributed by atoms with Gasteiger partial charge in [0.25, 0.3) is 0 Å².